The van der Waals surface area contributed by atoms with Crippen LogP contribution in [0.15, 0.2) is 71.8 Å². The highest BCUT2D eigenvalue weighted by atomic mass is 16.4. The molecule has 2 saturated carbocycles. The van der Waals surface area contributed by atoms with E-state index in [4.69, 9.17) is 0 Å². The lowest BCUT2D eigenvalue weighted by Crippen LogP contribution is -2.41. The van der Waals surface area contributed by atoms with Crippen molar-refractivity contribution in [2.24, 2.45) is 23.7 Å². The number of rotatable bonds is 7. The molecule has 4 heteroatoms. The van der Waals surface area contributed by atoms with Gasteiger partial charge in [0.25, 0.3) is 0 Å². The van der Waals surface area contributed by atoms with Gasteiger partial charge >= 0.3 is 5.97 Å². The molecular formula is C27H31NO3. The first-order valence-corrected chi connectivity index (χ1v) is 11.3. The van der Waals surface area contributed by atoms with Gasteiger partial charge in [-0.3, -0.25) is 9.59 Å². The Hall–Kier alpha value is -2.88. The monoisotopic (exact) mass is 417 g/mol. The topological polar surface area (TPSA) is 66.4 Å². The number of amides is 1. The number of fused-ring (bicyclic) bond motifs is 2. The molecule has 2 aromatic rings. The Balaban J connectivity index is 1.48. The number of carbonyl (C=O) groups is 2. The average molecular weight is 418 g/mol. The molecule has 2 bridgehead atoms. The van der Waals surface area contributed by atoms with Gasteiger partial charge < -0.3 is 10.4 Å². The number of carboxylic acid groups (broad SMARTS) is 1. The molecule has 2 aromatic carbocycles. The van der Waals surface area contributed by atoms with E-state index in [-0.39, 0.29) is 23.7 Å². The van der Waals surface area contributed by atoms with Crippen molar-refractivity contribution in [3.05, 3.63) is 82.9 Å². The number of carboxylic acids is 1. The third-order valence-corrected chi connectivity index (χ3v) is 7.14. The van der Waals surface area contributed by atoms with Crippen LogP contribution in [0.25, 0.3) is 0 Å². The summed E-state index contributed by atoms with van der Waals surface area (Å²) in [6.07, 6.45) is 2.58. The van der Waals surface area contributed by atoms with E-state index in [0.29, 0.717) is 6.54 Å². The number of allylic oxidation sites excluding steroid dienone is 2. The molecule has 2 aliphatic rings. The summed E-state index contributed by atoms with van der Waals surface area (Å²) in [7, 11) is 0. The molecule has 4 atom stereocenters. The summed E-state index contributed by atoms with van der Waals surface area (Å²) < 4.78 is 0. The van der Waals surface area contributed by atoms with Gasteiger partial charge in [0.15, 0.2) is 0 Å². The molecule has 2 fully saturated rings. The standard InChI is InChI=1S/C27H31NO3/c1-17(2)23-21-13-14-22(23)25(27(30)31)24(21)26(29)28-16-15-20(18-9-5-3-6-10-18)19-11-7-4-8-12-19/h3-12,20-22,24-25H,13-16H2,1-2H3,(H,28,29)(H,30,31). The van der Waals surface area contributed by atoms with Gasteiger partial charge in [-0.05, 0) is 56.1 Å². The zero-order valence-corrected chi connectivity index (χ0v) is 18.3. The Morgan fingerprint density at radius 1 is 0.903 bits per heavy atom. The minimum atomic E-state index is -0.836. The molecule has 4 unspecified atom stereocenters. The quantitative estimate of drug-likeness (QED) is 0.622. The molecular weight excluding hydrogens is 386 g/mol. The normalized spacial score (nSPS) is 24.4. The molecule has 0 aliphatic heterocycles. The van der Waals surface area contributed by atoms with Crippen molar-refractivity contribution in [1.82, 2.24) is 5.32 Å². The Kier molecular flexibility index (Phi) is 6.26. The second-order valence-corrected chi connectivity index (χ2v) is 9.09. The van der Waals surface area contributed by atoms with Gasteiger partial charge in [0.2, 0.25) is 5.91 Å². The van der Waals surface area contributed by atoms with Gasteiger partial charge in [0, 0.05) is 12.5 Å². The smallest absolute Gasteiger partial charge is 0.307 e. The fourth-order valence-electron chi connectivity index (χ4n) is 5.96. The van der Waals surface area contributed by atoms with Crippen molar-refractivity contribution in [3.63, 3.8) is 0 Å². The maximum atomic E-state index is 13.2. The molecule has 0 aromatic heterocycles. The van der Waals surface area contributed by atoms with Crippen LogP contribution in [0.3, 0.4) is 0 Å². The molecule has 0 radical (unpaired) electrons. The summed E-state index contributed by atoms with van der Waals surface area (Å²) in [5.74, 6) is -1.70. The third-order valence-electron chi connectivity index (χ3n) is 7.14. The summed E-state index contributed by atoms with van der Waals surface area (Å²) in [5, 5.41) is 13.0. The molecule has 0 spiro atoms. The highest BCUT2D eigenvalue weighted by Gasteiger charge is 2.57. The van der Waals surface area contributed by atoms with Gasteiger partial charge in [-0.25, -0.2) is 0 Å². The van der Waals surface area contributed by atoms with Gasteiger partial charge in [0.1, 0.15) is 0 Å². The molecule has 2 N–H and O–H groups in total. The van der Waals surface area contributed by atoms with Crippen LogP contribution in [0, 0.1) is 23.7 Å². The van der Waals surface area contributed by atoms with Crippen LogP contribution in [0.5, 0.6) is 0 Å². The summed E-state index contributed by atoms with van der Waals surface area (Å²) in [4.78, 5) is 25.2. The molecule has 2 aliphatic carbocycles. The molecule has 4 rings (SSSR count). The fourth-order valence-corrected chi connectivity index (χ4v) is 5.96. The number of aliphatic carboxylic acids is 1. The van der Waals surface area contributed by atoms with E-state index < -0.39 is 17.8 Å². The number of hydrogen-bond acceptors (Lipinski definition) is 2. The van der Waals surface area contributed by atoms with Crippen LogP contribution >= 0.6 is 0 Å². The number of carbonyl (C=O) groups excluding carboxylic acids is 1. The number of benzene rings is 2. The van der Waals surface area contributed by atoms with Crippen LogP contribution in [0.4, 0.5) is 0 Å². The maximum Gasteiger partial charge on any atom is 0.307 e. The fraction of sp³-hybridized carbons (Fsp3) is 0.407. The van der Waals surface area contributed by atoms with E-state index in [1.54, 1.807) is 0 Å². The summed E-state index contributed by atoms with van der Waals surface area (Å²) in [5.41, 5.74) is 4.84. The Morgan fingerprint density at radius 3 is 1.90 bits per heavy atom. The SMILES string of the molecule is CC(C)=C1C2CCC1C(C(=O)NCCC(c1ccccc1)c1ccccc1)C2C(=O)O. The second kappa shape index (κ2) is 9.09. The van der Waals surface area contributed by atoms with E-state index in [1.165, 1.54) is 22.3 Å². The highest BCUT2D eigenvalue weighted by Crippen LogP contribution is 2.57. The molecule has 4 nitrogen and oxygen atoms in total. The molecule has 0 heterocycles. The van der Waals surface area contributed by atoms with Crippen molar-refractivity contribution in [3.8, 4) is 0 Å². The summed E-state index contributed by atoms with van der Waals surface area (Å²) >= 11 is 0. The van der Waals surface area contributed by atoms with E-state index in [2.05, 4.69) is 29.6 Å². The minimum Gasteiger partial charge on any atom is -0.481 e. The summed E-state index contributed by atoms with van der Waals surface area (Å²) in [6.45, 7) is 4.62. The van der Waals surface area contributed by atoms with Crippen molar-refractivity contribution < 1.29 is 14.7 Å². The average Bonchev–Trinajstić information content (AvgIpc) is 3.34. The third kappa shape index (κ3) is 4.16. The minimum absolute atomic E-state index is 0.0182. The highest BCUT2D eigenvalue weighted by molar-refractivity contribution is 5.87. The summed E-state index contributed by atoms with van der Waals surface area (Å²) in [6, 6.07) is 20.7. The van der Waals surface area contributed by atoms with Gasteiger partial charge in [-0.2, -0.15) is 0 Å². The first kappa shape index (κ1) is 21.4. The zero-order valence-electron chi connectivity index (χ0n) is 18.3. The molecule has 0 saturated heterocycles. The molecule has 1 amide bonds. The Bertz CT molecular complexity index is 923. The van der Waals surface area contributed by atoms with Crippen LogP contribution in [-0.4, -0.2) is 23.5 Å². The van der Waals surface area contributed by atoms with Gasteiger partial charge in [-0.1, -0.05) is 71.8 Å². The van der Waals surface area contributed by atoms with E-state index in [9.17, 15) is 14.7 Å². The van der Waals surface area contributed by atoms with Crippen LogP contribution in [-0.2, 0) is 9.59 Å². The number of hydrogen-bond donors (Lipinski definition) is 2. The van der Waals surface area contributed by atoms with E-state index in [0.717, 1.165) is 19.3 Å². The van der Waals surface area contributed by atoms with Crippen molar-refractivity contribution in [2.45, 2.75) is 39.0 Å². The van der Waals surface area contributed by atoms with E-state index >= 15 is 0 Å². The number of nitrogens with one attached hydrogen (secondary N) is 1. The van der Waals surface area contributed by atoms with Crippen LogP contribution in [0.2, 0.25) is 0 Å². The Labute approximate surface area is 184 Å². The van der Waals surface area contributed by atoms with Crippen molar-refractivity contribution >= 4 is 11.9 Å². The maximum absolute atomic E-state index is 13.2. The lowest BCUT2D eigenvalue weighted by atomic mass is 9.78. The lowest BCUT2D eigenvalue weighted by Gasteiger charge is -2.27. The second-order valence-electron chi connectivity index (χ2n) is 9.09. The molecule has 31 heavy (non-hydrogen) atoms. The lowest BCUT2D eigenvalue weighted by molar-refractivity contribution is -0.149. The van der Waals surface area contributed by atoms with Gasteiger partial charge in [0.05, 0.1) is 11.8 Å². The van der Waals surface area contributed by atoms with Gasteiger partial charge in [-0.15, -0.1) is 0 Å². The van der Waals surface area contributed by atoms with E-state index in [1.807, 2.05) is 50.2 Å². The largest absolute Gasteiger partial charge is 0.481 e. The first-order valence-electron chi connectivity index (χ1n) is 11.3. The zero-order chi connectivity index (χ0) is 22.0. The first-order chi connectivity index (χ1) is 15.0. The van der Waals surface area contributed by atoms with Crippen molar-refractivity contribution in [1.29, 1.82) is 0 Å². The van der Waals surface area contributed by atoms with Crippen LogP contribution < -0.4 is 5.32 Å². The predicted octanol–water partition coefficient (Wildman–Crippen LogP) is 5.02. The molecule has 162 valence electrons. The predicted molar refractivity (Wildman–Crippen MR) is 122 cm³/mol. The Morgan fingerprint density at radius 2 is 1.42 bits per heavy atom. The van der Waals surface area contributed by atoms with Crippen LogP contribution in [0.1, 0.15) is 50.2 Å². The van der Waals surface area contributed by atoms with Crippen molar-refractivity contribution in [2.75, 3.05) is 6.54 Å².